The number of benzene rings is 2. The zero-order valence-corrected chi connectivity index (χ0v) is 17.5. The molecule has 1 N–H and O–H groups in total. The Bertz CT molecular complexity index is 1260. The molecule has 5 rings (SSSR count). The number of rotatable bonds is 9. The fourth-order valence-corrected chi connectivity index (χ4v) is 3.34. The lowest BCUT2D eigenvalue weighted by Gasteiger charge is -2.10. The number of tetrazole rings is 1. The number of aromatic nitrogens is 6. The highest BCUT2D eigenvalue weighted by molar-refractivity contribution is 5.63. The maximum absolute atomic E-state index is 12.5. The fraction of sp³-hybridized carbons (Fsp3) is 0.286. The van der Waals surface area contributed by atoms with Gasteiger partial charge in [0, 0.05) is 16.8 Å². The van der Waals surface area contributed by atoms with Gasteiger partial charge in [-0.25, -0.2) is 4.68 Å². The summed E-state index contributed by atoms with van der Waals surface area (Å²) in [5.74, 6) is 1.45. The van der Waals surface area contributed by atoms with Crippen LogP contribution in [0.2, 0.25) is 0 Å². The van der Waals surface area contributed by atoms with Crippen LogP contribution in [0, 0.1) is 0 Å². The van der Waals surface area contributed by atoms with E-state index >= 15 is 0 Å². The maximum Gasteiger partial charge on any atom is 0.387 e. The van der Waals surface area contributed by atoms with E-state index in [0.717, 1.165) is 29.9 Å². The van der Waals surface area contributed by atoms with Crippen molar-refractivity contribution in [3.8, 4) is 34.3 Å². The second-order valence-corrected chi connectivity index (χ2v) is 7.37. The monoisotopic (exact) mass is 455 g/mol. The molecule has 0 amide bonds. The number of ether oxygens (including phenoxy) is 2. The molecule has 2 heterocycles. The van der Waals surface area contributed by atoms with Crippen molar-refractivity contribution < 1.29 is 22.8 Å². The molecule has 1 aliphatic carbocycles. The highest BCUT2D eigenvalue weighted by Gasteiger charge is 2.28. The van der Waals surface area contributed by atoms with Gasteiger partial charge >= 0.3 is 6.61 Å². The predicted octanol–water partition coefficient (Wildman–Crippen LogP) is 3.95. The summed E-state index contributed by atoms with van der Waals surface area (Å²) in [6.07, 6.45) is 2.17. The molecule has 0 atom stereocenters. The summed E-state index contributed by atoms with van der Waals surface area (Å²) in [6.45, 7) is -2.67. The van der Waals surface area contributed by atoms with Gasteiger partial charge in [-0.05, 0) is 53.6 Å². The van der Waals surface area contributed by atoms with Gasteiger partial charge in [-0.3, -0.25) is 0 Å². The van der Waals surface area contributed by atoms with Gasteiger partial charge in [0.05, 0.1) is 19.7 Å². The van der Waals surface area contributed by atoms with Crippen molar-refractivity contribution in [2.24, 2.45) is 0 Å². The molecule has 2 aromatic heterocycles. The quantitative estimate of drug-likeness (QED) is 0.401. The zero-order valence-electron chi connectivity index (χ0n) is 17.5. The van der Waals surface area contributed by atoms with Gasteiger partial charge in [0.1, 0.15) is 0 Å². The number of hydrogen-bond acceptors (Lipinski definition) is 9. The van der Waals surface area contributed by atoms with Crippen molar-refractivity contribution in [1.29, 1.82) is 0 Å². The van der Waals surface area contributed by atoms with Gasteiger partial charge in [-0.1, -0.05) is 17.3 Å². The van der Waals surface area contributed by atoms with Crippen LogP contribution in [0.3, 0.4) is 0 Å². The Morgan fingerprint density at radius 1 is 1.15 bits per heavy atom. The average molecular weight is 455 g/mol. The van der Waals surface area contributed by atoms with E-state index in [9.17, 15) is 8.78 Å². The summed E-state index contributed by atoms with van der Waals surface area (Å²) in [6, 6.07) is 12.5. The molecule has 1 aliphatic rings. The van der Waals surface area contributed by atoms with Crippen LogP contribution >= 0.6 is 0 Å². The molecule has 33 heavy (non-hydrogen) atoms. The lowest BCUT2D eigenvalue weighted by Crippen LogP contribution is -2.03. The molecule has 1 saturated carbocycles. The van der Waals surface area contributed by atoms with Gasteiger partial charge in [0.15, 0.2) is 17.3 Å². The van der Waals surface area contributed by atoms with Crippen molar-refractivity contribution in [3.63, 3.8) is 0 Å². The molecule has 1 fully saturated rings. The molecule has 0 bridgehead atoms. The minimum Gasteiger partial charge on any atom is -0.493 e. The molecular weight excluding hydrogens is 436 g/mol. The van der Waals surface area contributed by atoms with E-state index in [1.54, 1.807) is 6.07 Å². The first-order valence-electron chi connectivity index (χ1n) is 10.2. The third-order valence-corrected chi connectivity index (χ3v) is 5.06. The van der Waals surface area contributed by atoms with Crippen LogP contribution in [0.25, 0.3) is 22.8 Å². The Kier molecular flexibility index (Phi) is 5.55. The highest BCUT2D eigenvalue weighted by Crippen LogP contribution is 2.37. The Morgan fingerprint density at radius 3 is 2.82 bits per heavy atom. The van der Waals surface area contributed by atoms with Crippen molar-refractivity contribution in [2.45, 2.75) is 32.0 Å². The van der Waals surface area contributed by atoms with Crippen molar-refractivity contribution in [1.82, 2.24) is 30.3 Å². The Balaban J connectivity index is 1.28. The Morgan fingerprint density at radius 2 is 2.03 bits per heavy atom. The molecular formula is C21H19F2N7O3. The number of alkyl halides is 2. The molecule has 10 nitrogen and oxygen atoms in total. The normalized spacial score (nSPS) is 13.3. The first-order valence-corrected chi connectivity index (χ1v) is 10.2. The molecule has 0 spiro atoms. The maximum atomic E-state index is 12.5. The zero-order chi connectivity index (χ0) is 22.8. The number of halogens is 2. The van der Waals surface area contributed by atoms with E-state index in [2.05, 4.69) is 35.7 Å². The molecule has 12 heteroatoms. The van der Waals surface area contributed by atoms with E-state index < -0.39 is 6.61 Å². The standard InChI is InChI=1S/C21H19F2N7O3/c1-31-17-10-12(5-8-16(17)32-21(22)23)19-25-18(33-27-19)11-24-14-4-2-3-13(9-14)20-26-28-29-30(20)15-6-7-15/h2-5,8-10,15,21,24H,6-7,11H2,1H3. The lowest BCUT2D eigenvalue weighted by atomic mass is 10.2. The Hall–Kier alpha value is -4.09. The highest BCUT2D eigenvalue weighted by atomic mass is 19.3. The van der Waals surface area contributed by atoms with E-state index in [4.69, 9.17) is 9.26 Å². The number of nitrogens with one attached hydrogen (secondary N) is 1. The summed E-state index contributed by atoms with van der Waals surface area (Å²) in [7, 11) is 1.36. The molecule has 0 radical (unpaired) electrons. The van der Waals surface area contributed by atoms with Crippen LogP contribution in [-0.4, -0.2) is 44.1 Å². The largest absolute Gasteiger partial charge is 0.493 e. The smallest absolute Gasteiger partial charge is 0.387 e. The third-order valence-electron chi connectivity index (χ3n) is 5.06. The molecule has 170 valence electrons. The van der Waals surface area contributed by atoms with Gasteiger partial charge in [0.2, 0.25) is 11.7 Å². The summed E-state index contributed by atoms with van der Waals surface area (Å²) in [5.41, 5.74) is 2.28. The SMILES string of the molecule is COc1cc(-c2noc(CNc3cccc(-c4nnnn4C4CC4)c3)n2)ccc1OC(F)F. The van der Waals surface area contributed by atoms with Gasteiger partial charge in [0.25, 0.3) is 0 Å². The number of hydrogen-bond donors (Lipinski definition) is 1. The summed E-state index contributed by atoms with van der Waals surface area (Å²) in [5, 5.41) is 19.2. The van der Waals surface area contributed by atoms with Crippen LogP contribution in [0.15, 0.2) is 47.0 Å². The van der Waals surface area contributed by atoms with Gasteiger partial charge in [-0.15, -0.1) is 5.10 Å². The first kappa shape index (κ1) is 20.8. The molecule has 4 aromatic rings. The first-order chi connectivity index (χ1) is 16.1. The minimum absolute atomic E-state index is 0.0748. The lowest BCUT2D eigenvalue weighted by molar-refractivity contribution is -0.0512. The molecule has 0 aliphatic heterocycles. The van der Waals surface area contributed by atoms with Crippen LogP contribution in [0.5, 0.6) is 11.5 Å². The van der Waals surface area contributed by atoms with E-state index in [1.165, 1.54) is 19.2 Å². The van der Waals surface area contributed by atoms with E-state index in [0.29, 0.717) is 23.3 Å². The summed E-state index contributed by atoms with van der Waals surface area (Å²) >= 11 is 0. The van der Waals surface area contributed by atoms with E-state index in [1.807, 2.05) is 28.9 Å². The number of anilines is 1. The molecule has 2 aromatic carbocycles. The van der Waals surface area contributed by atoms with Gasteiger partial charge < -0.3 is 19.3 Å². The molecule has 0 saturated heterocycles. The van der Waals surface area contributed by atoms with Crippen LogP contribution in [0.1, 0.15) is 24.8 Å². The van der Waals surface area contributed by atoms with Crippen molar-refractivity contribution >= 4 is 5.69 Å². The van der Waals surface area contributed by atoms with Crippen molar-refractivity contribution in [2.75, 3.05) is 12.4 Å². The van der Waals surface area contributed by atoms with Crippen LogP contribution in [-0.2, 0) is 6.54 Å². The minimum atomic E-state index is -2.95. The number of methoxy groups -OCH3 is 1. The average Bonchev–Trinajstić information content (AvgIpc) is 3.35. The fourth-order valence-electron chi connectivity index (χ4n) is 3.34. The number of nitrogens with zero attached hydrogens (tertiary/aromatic N) is 6. The third kappa shape index (κ3) is 4.59. The predicted molar refractivity (Wildman–Crippen MR) is 112 cm³/mol. The van der Waals surface area contributed by atoms with Crippen LogP contribution in [0.4, 0.5) is 14.5 Å². The summed E-state index contributed by atoms with van der Waals surface area (Å²) in [4.78, 5) is 4.36. The van der Waals surface area contributed by atoms with Crippen LogP contribution < -0.4 is 14.8 Å². The molecule has 0 unspecified atom stereocenters. The Labute approximate surface area is 186 Å². The van der Waals surface area contributed by atoms with E-state index in [-0.39, 0.29) is 18.0 Å². The van der Waals surface area contributed by atoms with Gasteiger partial charge in [-0.2, -0.15) is 13.8 Å². The second-order valence-electron chi connectivity index (χ2n) is 7.37. The topological polar surface area (TPSA) is 113 Å². The second kappa shape index (κ2) is 8.81. The van der Waals surface area contributed by atoms with Crippen molar-refractivity contribution in [3.05, 3.63) is 48.4 Å². The summed E-state index contributed by atoms with van der Waals surface area (Å²) < 4.78 is 41.8.